The Morgan fingerprint density at radius 1 is 1.19 bits per heavy atom. The average Bonchev–Trinajstić information content (AvgIpc) is 2.45. The van der Waals surface area contributed by atoms with Crippen LogP contribution < -0.4 is 5.73 Å². The molecule has 4 aliphatic carbocycles. The van der Waals surface area contributed by atoms with Crippen molar-refractivity contribution in [2.45, 2.75) is 57.6 Å². The number of carbonyl (C=O) groups excluding carboxylic acids is 1. The Morgan fingerprint density at radius 3 is 2.29 bits per heavy atom. The summed E-state index contributed by atoms with van der Waals surface area (Å²) < 4.78 is 5.72. The van der Waals surface area contributed by atoms with E-state index >= 15 is 0 Å². The van der Waals surface area contributed by atoms with Crippen molar-refractivity contribution in [2.24, 2.45) is 28.9 Å². The predicted molar refractivity (Wildman–Crippen MR) is 80.6 cm³/mol. The van der Waals surface area contributed by atoms with E-state index < -0.39 is 0 Å². The minimum Gasteiger partial charge on any atom is -0.373 e. The lowest BCUT2D eigenvalue weighted by Gasteiger charge is -2.57. The SMILES string of the molecule is CC1COC(CN)CN1C(=O)C12CC3CC(CC(C3)C1)C2. The van der Waals surface area contributed by atoms with E-state index in [0.29, 0.717) is 25.6 Å². The quantitative estimate of drug-likeness (QED) is 0.844. The molecule has 4 saturated carbocycles. The molecule has 21 heavy (non-hydrogen) atoms. The van der Waals surface area contributed by atoms with Gasteiger partial charge in [0.15, 0.2) is 0 Å². The van der Waals surface area contributed by atoms with Gasteiger partial charge in [-0.15, -0.1) is 0 Å². The van der Waals surface area contributed by atoms with E-state index in [9.17, 15) is 4.79 Å². The van der Waals surface area contributed by atoms with Crippen LogP contribution in [-0.4, -0.2) is 42.6 Å². The van der Waals surface area contributed by atoms with Gasteiger partial charge in [-0.1, -0.05) is 0 Å². The number of amides is 1. The highest BCUT2D eigenvalue weighted by molar-refractivity contribution is 5.83. The number of nitrogens with zero attached hydrogens (tertiary/aromatic N) is 1. The van der Waals surface area contributed by atoms with Crippen LogP contribution in [0.15, 0.2) is 0 Å². The molecule has 0 aromatic carbocycles. The molecule has 1 aliphatic heterocycles. The Balaban J connectivity index is 1.56. The van der Waals surface area contributed by atoms with Crippen LogP contribution in [-0.2, 0) is 9.53 Å². The van der Waals surface area contributed by atoms with E-state index in [1.54, 1.807) is 0 Å². The third-order valence-corrected chi connectivity index (χ3v) is 6.52. The Labute approximate surface area is 127 Å². The van der Waals surface area contributed by atoms with E-state index in [2.05, 4.69) is 11.8 Å². The molecular weight excluding hydrogens is 264 g/mol. The first-order chi connectivity index (χ1) is 10.1. The molecule has 1 saturated heterocycles. The normalized spacial score (nSPS) is 48.7. The zero-order valence-electron chi connectivity index (χ0n) is 13.1. The van der Waals surface area contributed by atoms with Crippen molar-refractivity contribution in [1.82, 2.24) is 4.90 Å². The molecule has 0 radical (unpaired) electrons. The van der Waals surface area contributed by atoms with Gasteiger partial charge in [0.25, 0.3) is 0 Å². The molecule has 4 heteroatoms. The summed E-state index contributed by atoms with van der Waals surface area (Å²) in [6, 6.07) is 0.202. The second kappa shape index (κ2) is 4.95. The molecule has 2 N–H and O–H groups in total. The monoisotopic (exact) mass is 292 g/mol. The number of hydrogen-bond donors (Lipinski definition) is 1. The second-order valence-electron chi connectivity index (χ2n) is 8.20. The maximum absolute atomic E-state index is 13.4. The van der Waals surface area contributed by atoms with Crippen molar-refractivity contribution in [3.63, 3.8) is 0 Å². The molecule has 0 aromatic rings. The van der Waals surface area contributed by atoms with Crippen molar-refractivity contribution in [3.05, 3.63) is 0 Å². The lowest BCUT2D eigenvalue weighted by atomic mass is 9.49. The van der Waals surface area contributed by atoms with Gasteiger partial charge in [-0.25, -0.2) is 0 Å². The molecule has 5 aliphatic rings. The van der Waals surface area contributed by atoms with Crippen molar-refractivity contribution >= 4 is 5.91 Å². The standard InChI is InChI=1S/C17H28N2O2/c1-11-10-21-15(8-18)9-19(11)16(20)17-5-12-2-13(6-17)4-14(3-12)7-17/h11-15H,2-10,18H2,1H3. The molecule has 0 aromatic heterocycles. The van der Waals surface area contributed by atoms with E-state index in [-0.39, 0.29) is 17.6 Å². The Kier molecular flexibility index (Phi) is 3.30. The van der Waals surface area contributed by atoms with Crippen molar-refractivity contribution in [1.29, 1.82) is 0 Å². The lowest BCUT2D eigenvalue weighted by molar-refractivity contribution is -0.168. The van der Waals surface area contributed by atoms with Gasteiger partial charge in [0.1, 0.15) is 0 Å². The van der Waals surface area contributed by atoms with Gasteiger partial charge in [-0.3, -0.25) is 4.79 Å². The molecule has 5 fully saturated rings. The van der Waals surface area contributed by atoms with Crippen LogP contribution in [0.2, 0.25) is 0 Å². The van der Waals surface area contributed by atoms with Gasteiger partial charge in [-0.2, -0.15) is 0 Å². The van der Waals surface area contributed by atoms with Crippen LogP contribution in [0.25, 0.3) is 0 Å². The number of carbonyl (C=O) groups is 1. The number of morpholine rings is 1. The van der Waals surface area contributed by atoms with Gasteiger partial charge in [0.2, 0.25) is 5.91 Å². The summed E-state index contributed by atoms with van der Waals surface area (Å²) in [5.74, 6) is 2.89. The summed E-state index contributed by atoms with van der Waals surface area (Å²) >= 11 is 0. The predicted octanol–water partition coefficient (Wildman–Crippen LogP) is 1.78. The molecule has 1 heterocycles. The maximum atomic E-state index is 13.4. The van der Waals surface area contributed by atoms with Crippen LogP contribution in [0.1, 0.15) is 45.4 Å². The third-order valence-electron chi connectivity index (χ3n) is 6.52. The minimum atomic E-state index is -0.0283. The van der Waals surface area contributed by atoms with Crippen molar-refractivity contribution in [2.75, 3.05) is 19.7 Å². The summed E-state index contributed by atoms with van der Waals surface area (Å²) in [6.07, 6.45) is 7.63. The third kappa shape index (κ3) is 2.22. The van der Waals surface area contributed by atoms with Gasteiger partial charge in [0, 0.05) is 13.1 Å². The average molecular weight is 292 g/mol. The fourth-order valence-electron chi connectivity index (χ4n) is 5.92. The van der Waals surface area contributed by atoms with Crippen molar-refractivity contribution in [3.8, 4) is 0 Å². The molecule has 5 rings (SSSR count). The first-order valence-corrected chi connectivity index (χ1v) is 8.72. The van der Waals surface area contributed by atoms with E-state index in [1.165, 1.54) is 19.3 Å². The van der Waals surface area contributed by atoms with Gasteiger partial charge in [-0.05, 0) is 63.2 Å². The first kappa shape index (κ1) is 14.0. The van der Waals surface area contributed by atoms with E-state index in [4.69, 9.17) is 10.5 Å². The summed E-state index contributed by atoms with van der Waals surface area (Å²) in [5.41, 5.74) is 5.73. The van der Waals surface area contributed by atoms with Crippen molar-refractivity contribution < 1.29 is 9.53 Å². The van der Waals surface area contributed by atoms with Crippen LogP contribution in [0.5, 0.6) is 0 Å². The van der Waals surface area contributed by atoms with E-state index in [1.807, 2.05) is 0 Å². The molecule has 4 nitrogen and oxygen atoms in total. The highest BCUT2D eigenvalue weighted by Crippen LogP contribution is 2.60. The zero-order valence-corrected chi connectivity index (χ0v) is 13.1. The molecule has 2 atom stereocenters. The molecule has 0 spiro atoms. The molecule has 2 unspecified atom stereocenters. The van der Waals surface area contributed by atoms with Crippen LogP contribution in [0.4, 0.5) is 0 Å². The minimum absolute atomic E-state index is 0.0269. The highest BCUT2D eigenvalue weighted by Gasteiger charge is 2.56. The van der Waals surface area contributed by atoms with Crippen LogP contribution in [0.3, 0.4) is 0 Å². The van der Waals surface area contributed by atoms with Gasteiger partial charge in [0.05, 0.1) is 24.2 Å². The van der Waals surface area contributed by atoms with E-state index in [0.717, 1.165) is 37.0 Å². The summed E-state index contributed by atoms with van der Waals surface area (Å²) in [4.78, 5) is 15.5. The number of rotatable bonds is 2. The lowest BCUT2D eigenvalue weighted by Crippen LogP contribution is -2.60. The summed E-state index contributed by atoms with van der Waals surface area (Å²) in [7, 11) is 0. The largest absolute Gasteiger partial charge is 0.373 e. The molecule has 118 valence electrons. The van der Waals surface area contributed by atoms with Gasteiger partial charge >= 0.3 is 0 Å². The Morgan fingerprint density at radius 2 is 1.76 bits per heavy atom. The molecule has 1 amide bonds. The smallest absolute Gasteiger partial charge is 0.229 e. The zero-order chi connectivity index (χ0) is 14.6. The Bertz CT molecular complexity index is 401. The highest BCUT2D eigenvalue weighted by atomic mass is 16.5. The second-order valence-corrected chi connectivity index (χ2v) is 8.20. The maximum Gasteiger partial charge on any atom is 0.229 e. The number of hydrogen-bond acceptors (Lipinski definition) is 3. The fourth-order valence-corrected chi connectivity index (χ4v) is 5.92. The topological polar surface area (TPSA) is 55.6 Å². The van der Waals surface area contributed by atoms with Crippen LogP contribution >= 0.6 is 0 Å². The van der Waals surface area contributed by atoms with Gasteiger partial charge < -0.3 is 15.4 Å². The van der Waals surface area contributed by atoms with Crippen LogP contribution in [0, 0.1) is 23.2 Å². The number of ether oxygens (including phenoxy) is 1. The Hall–Kier alpha value is -0.610. The summed E-state index contributed by atoms with van der Waals surface area (Å²) in [5, 5.41) is 0. The number of nitrogens with two attached hydrogens (primary N) is 1. The fraction of sp³-hybridized carbons (Fsp3) is 0.941. The molecule has 4 bridgehead atoms. The first-order valence-electron chi connectivity index (χ1n) is 8.72. The summed E-state index contributed by atoms with van der Waals surface area (Å²) in [6.45, 7) is 3.96. The molecular formula is C17H28N2O2.